The largest absolute Gasteiger partial charge is 0.481 e. The van der Waals surface area contributed by atoms with Gasteiger partial charge in [0.05, 0.1) is 6.61 Å². The molecule has 0 aromatic rings. The van der Waals surface area contributed by atoms with Crippen molar-refractivity contribution >= 4 is 11.9 Å². The molecule has 0 radical (unpaired) electrons. The maximum absolute atomic E-state index is 12.9. The molecule has 5 heteroatoms. The fraction of sp³-hybridized carbons (Fsp3) is 0.875. The number of carboxylic acid groups (broad SMARTS) is 1. The Morgan fingerprint density at radius 3 is 2.29 bits per heavy atom. The third-order valence-electron chi connectivity index (χ3n) is 5.24. The van der Waals surface area contributed by atoms with Gasteiger partial charge in [0.15, 0.2) is 0 Å². The molecular weight excluding hydrogens is 270 g/mol. The summed E-state index contributed by atoms with van der Waals surface area (Å²) in [7, 11) is 1.52. The van der Waals surface area contributed by atoms with E-state index in [1.165, 1.54) is 20.0 Å². The molecule has 0 bridgehead atoms. The summed E-state index contributed by atoms with van der Waals surface area (Å²) < 4.78 is 5.09. The lowest BCUT2D eigenvalue weighted by Gasteiger charge is -2.32. The molecule has 2 fully saturated rings. The summed E-state index contributed by atoms with van der Waals surface area (Å²) in [6, 6.07) is 0. The Morgan fingerprint density at radius 2 is 1.76 bits per heavy atom. The second-order valence-corrected chi connectivity index (χ2v) is 6.97. The summed E-state index contributed by atoms with van der Waals surface area (Å²) in [6.07, 6.45) is 6.92. The molecule has 1 aliphatic heterocycles. The molecule has 0 aromatic carbocycles. The molecular formula is C16H27NO4. The van der Waals surface area contributed by atoms with Crippen LogP contribution >= 0.6 is 0 Å². The highest BCUT2D eigenvalue weighted by Crippen LogP contribution is 2.39. The number of nitrogens with zero attached hydrogens (tertiary/aromatic N) is 1. The van der Waals surface area contributed by atoms with Gasteiger partial charge in [-0.2, -0.15) is 0 Å². The van der Waals surface area contributed by atoms with Crippen LogP contribution in [0.5, 0.6) is 0 Å². The number of amides is 1. The summed E-state index contributed by atoms with van der Waals surface area (Å²) in [5.41, 5.74) is -1.23. The first kappa shape index (κ1) is 16.3. The van der Waals surface area contributed by atoms with Gasteiger partial charge in [-0.15, -0.1) is 0 Å². The van der Waals surface area contributed by atoms with Crippen LogP contribution < -0.4 is 0 Å². The molecule has 1 saturated carbocycles. The molecule has 1 aliphatic carbocycles. The van der Waals surface area contributed by atoms with Crippen LogP contribution in [0, 0.1) is 10.8 Å². The van der Waals surface area contributed by atoms with Crippen molar-refractivity contribution in [3.8, 4) is 0 Å². The molecule has 120 valence electrons. The number of methoxy groups -OCH3 is 1. The zero-order valence-corrected chi connectivity index (χ0v) is 13.2. The lowest BCUT2D eigenvalue weighted by molar-refractivity contribution is -0.152. The van der Waals surface area contributed by atoms with Crippen LogP contribution in [0.3, 0.4) is 0 Å². The molecule has 2 aliphatic rings. The minimum Gasteiger partial charge on any atom is -0.481 e. The Balaban J connectivity index is 2.09. The van der Waals surface area contributed by atoms with Gasteiger partial charge in [0.2, 0.25) is 5.91 Å². The first-order valence-electron chi connectivity index (χ1n) is 7.95. The Hall–Kier alpha value is -1.10. The number of aliphatic carboxylic acids is 1. The molecule has 1 heterocycles. The second kappa shape index (κ2) is 6.34. The number of carbonyl (C=O) groups excluding carboxylic acids is 1. The Morgan fingerprint density at radius 1 is 1.14 bits per heavy atom. The summed E-state index contributed by atoms with van der Waals surface area (Å²) >= 11 is 0. The van der Waals surface area contributed by atoms with Gasteiger partial charge < -0.3 is 14.7 Å². The Labute approximate surface area is 126 Å². The average Bonchev–Trinajstić information content (AvgIpc) is 2.75. The van der Waals surface area contributed by atoms with E-state index in [1.807, 2.05) is 0 Å². The lowest BCUT2D eigenvalue weighted by Crippen LogP contribution is -2.44. The van der Waals surface area contributed by atoms with Crippen molar-refractivity contribution in [2.24, 2.45) is 10.8 Å². The standard InChI is InChI=1S/C16H27NO4/c1-15(7-5-3-4-6-8-15)13(18)17-10-9-16(11-17,12-21-2)14(19)20/h3-12H2,1-2H3,(H,19,20). The highest BCUT2D eigenvalue weighted by molar-refractivity contribution is 5.84. The highest BCUT2D eigenvalue weighted by Gasteiger charge is 2.49. The molecule has 1 N–H and O–H groups in total. The number of hydrogen-bond acceptors (Lipinski definition) is 3. The second-order valence-electron chi connectivity index (χ2n) is 6.97. The van der Waals surface area contributed by atoms with Crippen molar-refractivity contribution in [1.29, 1.82) is 0 Å². The van der Waals surface area contributed by atoms with Crippen molar-refractivity contribution in [1.82, 2.24) is 4.90 Å². The first-order valence-corrected chi connectivity index (χ1v) is 7.95. The fourth-order valence-electron chi connectivity index (χ4n) is 3.78. The van der Waals surface area contributed by atoms with E-state index in [4.69, 9.17) is 4.74 Å². The number of rotatable bonds is 4. The Kier molecular flexibility index (Phi) is 4.91. The van der Waals surface area contributed by atoms with Crippen LogP contribution in [0.4, 0.5) is 0 Å². The van der Waals surface area contributed by atoms with Gasteiger partial charge in [-0.25, -0.2) is 0 Å². The quantitative estimate of drug-likeness (QED) is 0.809. The van der Waals surface area contributed by atoms with Crippen molar-refractivity contribution in [3.63, 3.8) is 0 Å². The normalized spacial score (nSPS) is 29.1. The van der Waals surface area contributed by atoms with Crippen molar-refractivity contribution in [2.45, 2.75) is 51.9 Å². The van der Waals surface area contributed by atoms with Gasteiger partial charge in [0.25, 0.3) is 0 Å². The van der Waals surface area contributed by atoms with E-state index >= 15 is 0 Å². The van der Waals surface area contributed by atoms with Gasteiger partial charge in [0.1, 0.15) is 5.41 Å². The van der Waals surface area contributed by atoms with Gasteiger partial charge >= 0.3 is 5.97 Å². The Bertz CT molecular complexity index is 401. The highest BCUT2D eigenvalue weighted by atomic mass is 16.5. The van der Waals surface area contributed by atoms with E-state index in [2.05, 4.69) is 6.92 Å². The van der Waals surface area contributed by atoms with E-state index in [9.17, 15) is 14.7 Å². The van der Waals surface area contributed by atoms with E-state index in [0.717, 1.165) is 25.7 Å². The molecule has 5 nitrogen and oxygen atoms in total. The van der Waals surface area contributed by atoms with Crippen LogP contribution in [-0.2, 0) is 14.3 Å². The lowest BCUT2D eigenvalue weighted by atomic mass is 9.81. The SMILES string of the molecule is COCC1(C(=O)O)CCN(C(=O)C2(C)CCCCCC2)C1. The number of carboxylic acids is 1. The number of ether oxygens (including phenoxy) is 1. The van der Waals surface area contributed by atoms with Gasteiger partial charge in [-0.3, -0.25) is 9.59 Å². The zero-order chi connectivity index (χ0) is 15.5. The molecule has 1 saturated heterocycles. The predicted molar refractivity (Wildman–Crippen MR) is 79.0 cm³/mol. The third-order valence-corrected chi connectivity index (χ3v) is 5.24. The van der Waals surface area contributed by atoms with Crippen LogP contribution in [0.2, 0.25) is 0 Å². The van der Waals surface area contributed by atoms with Crippen LogP contribution in [0.15, 0.2) is 0 Å². The zero-order valence-electron chi connectivity index (χ0n) is 13.2. The molecule has 21 heavy (non-hydrogen) atoms. The van der Waals surface area contributed by atoms with E-state index in [1.54, 1.807) is 4.90 Å². The smallest absolute Gasteiger partial charge is 0.313 e. The molecule has 1 amide bonds. The van der Waals surface area contributed by atoms with Crippen LogP contribution in [0.25, 0.3) is 0 Å². The summed E-state index contributed by atoms with van der Waals surface area (Å²) in [5.74, 6) is -0.714. The van der Waals surface area contributed by atoms with Crippen molar-refractivity contribution < 1.29 is 19.4 Å². The maximum atomic E-state index is 12.9. The maximum Gasteiger partial charge on any atom is 0.313 e. The molecule has 0 spiro atoms. The van der Waals surface area contributed by atoms with Crippen molar-refractivity contribution in [3.05, 3.63) is 0 Å². The van der Waals surface area contributed by atoms with Gasteiger partial charge in [-0.05, 0) is 19.3 Å². The summed E-state index contributed by atoms with van der Waals surface area (Å²) in [6.45, 7) is 3.04. The molecule has 1 atom stereocenters. The minimum atomic E-state index is -0.925. The van der Waals surface area contributed by atoms with Crippen molar-refractivity contribution in [2.75, 3.05) is 26.8 Å². The molecule has 0 aromatic heterocycles. The molecule has 2 rings (SSSR count). The molecule has 1 unspecified atom stereocenters. The monoisotopic (exact) mass is 297 g/mol. The number of likely N-dealkylation sites (tertiary alicyclic amines) is 1. The van der Waals surface area contributed by atoms with E-state index in [-0.39, 0.29) is 24.5 Å². The van der Waals surface area contributed by atoms with Crippen LogP contribution in [0.1, 0.15) is 51.9 Å². The van der Waals surface area contributed by atoms with Crippen LogP contribution in [-0.4, -0.2) is 48.7 Å². The number of carbonyl (C=O) groups is 2. The number of hydrogen-bond donors (Lipinski definition) is 1. The predicted octanol–water partition coefficient (Wildman–Crippen LogP) is 2.30. The topological polar surface area (TPSA) is 66.8 Å². The minimum absolute atomic E-state index is 0.142. The van der Waals surface area contributed by atoms with E-state index in [0.29, 0.717) is 13.0 Å². The summed E-state index contributed by atoms with van der Waals surface area (Å²) in [5, 5.41) is 9.50. The van der Waals surface area contributed by atoms with E-state index < -0.39 is 11.4 Å². The van der Waals surface area contributed by atoms with Gasteiger partial charge in [-0.1, -0.05) is 32.6 Å². The fourth-order valence-corrected chi connectivity index (χ4v) is 3.78. The van der Waals surface area contributed by atoms with Gasteiger partial charge in [0, 0.05) is 25.6 Å². The first-order chi connectivity index (χ1) is 9.93. The average molecular weight is 297 g/mol. The summed E-state index contributed by atoms with van der Waals surface area (Å²) in [4.78, 5) is 26.2. The third kappa shape index (κ3) is 3.23.